The number of nitrogens with two attached hydrogens (primary N) is 1. The van der Waals surface area contributed by atoms with Crippen molar-refractivity contribution in [3.8, 4) is 0 Å². The molecule has 0 amide bonds. The van der Waals surface area contributed by atoms with E-state index in [9.17, 15) is 4.79 Å². The van der Waals surface area contributed by atoms with E-state index < -0.39 is 0 Å². The molecule has 2 aromatic heterocycles. The number of anilines is 1. The van der Waals surface area contributed by atoms with E-state index in [2.05, 4.69) is 29.2 Å². The van der Waals surface area contributed by atoms with E-state index in [1.165, 1.54) is 10.3 Å². The van der Waals surface area contributed by atoms with Crippen LogP contribution < -0.4 is 11.4 Å². The van der Waals surface area contributed by atoms with E-state index in [0.29, 0.717) is 23.6 Å². The van der Waals surface area contributed by atoms with Gasteiger partial charge in [-0.3, -0.25) is 0 Å². The molecule has 3 aromatic rings. The van der Waals surface area contributed by atoms with Crippen LogP contribution >= 0.6 is 0 Å². The fourth-order valence-electron chi connectivity index (χ4n) is 2.99. The highest BCUT2D eigenvalue weighted by atomic mass is 16.2. The lowest BCUT2D eigenvalue weighted by Gasteiger charge is -2.16. The van der Waals surface area contributed by atoms with Gasteiger partial charge in [-0.2, -0.15) is 0 Å². The van der Waals surface area contributed by atoms with Crippen LogP contribution in [0.2, 0.25) is 0 Å². The number of aromatic nitrogens is 4. The molecule has 0 bridgehead atoms. The van der Waals surface area contributed by atoms with Crippen molar-refractivity contribution in [2.75, 3.05) is 5.73 Å². The summed E-state index contributed by atoms with van der Waals surface area (Å²) in [4.78, 5) is 17.1. The molecule has 0 fully saturated rings. The zero-order valence-corrected chi connectivity index (χ0v) is 12.8. The molecule has 1 aliphatic rings. The third kappa shape index (κ3) is 2.14. The van der Waals surface area contributed by atoms with Gasteiger partial charge in [0.2, 0.25) is 5.65 Å². The normalized spacial score (nSPS) is 17.8. The van der Waals surface area contributed by atoms with Crippen LogP contribution in [0, 0.1) is 5.92 Å². The number of rotatable bonds is 2. The predicted octanol–water partition coefficient (Wildman–Crippen LogP) is 2.15. The van der Waals surface area contributed by atoms with Crippen molar-refractivity contribution in [1.29, 1.82) is 0 Å². The molecule has 1 unspecified atom stereocenters. The second kappa shape index (κ2) is 5.08. The van der Waals surface area contributed by atoms with Gasteiger partial charge in [-0.1, -0.05) is 37.3 Å². The van der Waals surface area contributed by atoms with Gasteiger partial charge < -0.3 is 5.73 Å². The minimum Gasteiger partial charge on any atom is -0.381 e. The van der Waals surface area contributed by atoms with Crippen molar-refractivity contribution in [3.05, 3.63) is 58.6 Å². The van der Waals surface area contributed by atoms with E-state index in [1.807, 2.05) is 30.3 Å². The minimum atomic E-state index is -0.187. The predicted molar refractivity (Wildman–Crippen MR) is 90.2 cm³/mol. The van der Waals surface area contributed by atoms with Crippen molar-refractivity contribution in [1.82, 2.24) is 19.2 Å². The second-order valence-corrected chi connectivity index (χ2v) is 5.89. The Bertz CT molecular complexity index is 1020. The first-order valence-corrected chi connectivity index (χ1v) is 7.64. The van der Waals surface area contributed by atoms with Crippen LogP contribution in [0.1, 0.15) is 13.3 Å². The van der Waals surface area contributed by atoms with Gasteiger partial charge in [0.1, 0.15) is 0 Å². The quantitative estimate of drug-likeness (QED) is 0.787. The molecule has 0 aliphatic heterocycles. The van der Waals surface area contributed by atoms with Gasteiger partial charge in [0.15, 0.2) is 5.82 Å². The standard InChI is InChI=1S/C17H17N5O/c1-11-6-2-3-7-12(11)10-21-17(23)22-14-9-5-4-8-13(14)19-15(18)16(22)20-21/h2-5,7-9,11H,6,10H2,1H3,(H2,18,19). The summed E-state index contributed by atoms with van der Waals surface area (Å²) in [5, 5.41) is 4.41. The molecule has 0 saturated heterocycles. The summed E-state index contributed by atoms with van der Waals surface area (Å²) >= 11 is 0. The molecule has 1 aliphatic carbocycles. The number of fused-ring (bicyclic) bond motifs is 3. The van der Waals surface area contributed by atoms with Crippen LogP contribution in [0.5, 0.6) is 0 Å². The maximum atomic E-state index is 12.8. The lowest BCUT2D eigenvalue weighted by atomic mass is 9.93. The molecule has 0 spiro atoms. The van der Waals surface area contributed by atoms with E-state index in [4.69, 9.17) is 5.73 Å². The molecule has 4 rings (SSSR count). The molecule has 6 heteroatoms. The molecule has 2 heterocycles. The number of nitrogens with zero attached hydrogens (tertiary/aromatic N) is 4. The molecule has 0 radical (unpaired) electrons. The summed E-state index contributed by atoms with van der Waals surface area (Å²) in [6.07, 6.45) is 7.21. The second-order valence-electron chi connectivity index (χ2n) is 5.89. The zero-order chi connectivity index (χ0) is 16.0. The first-order chi connectivity index (χ1) is 11.1. The van der Waals surface area contributed by atoms with Crippen molar-refractivity contribution < 1.29 is 0 Å². The first-order valence-electron chi connectivity index (χ1n) is 7.64. The maximum Gasteiger partial charge on any atom is 0.351 e. The summed E-state index contributed by atoms with van der Waals surface area (Å²) in [7, 11) is 0. The lowest BCUT2D eigenvalue weighted by molar-refractivity contribution is 0.567. The fourth-order valence-corrected chi connectivity index (χ4v) is 2.99. The van der Waals surface area contributed by atoms with Crippen molar-refractivity contribution >= 4 is 22.5 Å². The summed E-state index contributed by atoms with van der Waals surface area (Å²) in [6, 6.07) is 7.44. The van der Waals surface area contributed by atoms with Gasteiger partial charge in [0.05, 0.1) is 17.6 Å². The Hall–Kier alpha value is -2.89. The van der Waals surface area contributed by atoms with Crippen LogP contribution in [0.15, 0.2) is 52.9 Å². The third-order valence-corrected chi connectivity index (χ3v) is 4.33. The zero-order valence-electron chi connectivity index (χ0n) is 12.8. The summed E-state index contributed by atoms with van der Waals surface area (Å²) in [5.41, 5.74) is 8.81. The summed E-state index contributed by atoms with van der Waals surface area (Å²) < 4.78 is 3.02. The van der Waals surface area contributed by atoms with Gasteiger partial charge in [-0.05, 0) is 30.0 Å². The Morgan fingerprint density at radius 1 is 1.35 bits per heavy atom. The number of para-hydroxylation sites is 2. The molecule has 2 N–H and O–H groups in total. The largest absolute Gasteiger partial charge is 0.381 e. The molecular weight excluding hydrogens is 290 g/mol. The van der Waals surface area contributed by atoms with Gasteiger partial charge >= 0.3 is 5.69 Å². The van der Waals surface area contributed by atoms with Crippen molar-refractivity contribution in [2.24, 2.45) is 5.92 Å². The fraction of sp³-hybridized carbons (Fsp3) is 0.235. The summed E-state index contributed by atoms with van der Waals surface area (Å²) in [5.74, 6) is 0.675. The van der Waals surface area contributed by atoms with Crippen LogP contribution in [0.25, 0.3) is 16.7 Å². The molecule has 0 saturated carbocycles. The molecule has 1 atom stereocenters. The molecule has 1 aromatic carbocycles. The highest BCUT2D eigenvalue weighted by Crippen LogP contribution is 2.21. The van der Waals surface area contributed by atoms with Crippen LogP contribution in [-0.4, -0.2) is 19.2 Å². The van der Waals surface area contributed by atoms with Crippen molar-refractivity contribution in [2.45, 2.75) is 19.9 Å². The molecule has 116 valence electrons. The molecule has 6 nitrogen and oxygen atoms in total. The Morgan fingerprint density at radius 2 is 2.17 bits per heavy atom. The minimum absolute atomic E-state index is 0.187. The average molecular weight is 307 g/mol. The Labute approximate surface area is 132 Å². The molecular formula is C17H17N5O. The number of hydrogen-bond donors (Lipinski definition) is 1. The number of nitrogen functional groups attached to an aromatic ring is 1. The number of allylic oxidation sites excluding steroid dienone is 4. The van der Waals surface area contributed by atoms with Gasteiger partial charge in [-0.15, -0.1) is 5.10 Å². The van der Waals surface area contributed by atoms with Gasteiger partial charge in [0.25, 0.3) is 0 Å². The van der Waals surface area contributed by atoms with Gasteiger partial charge in [-0.25, -0.2) is 18.9 Å². The monoisotopic (exact) mass is 307 g/mol. The Kier molecular flexibility index (Phi) is 3.04. The topological polar surface area (TPSA) is 78.2 Å². The Balaban J connectivity index is 1.93. The lowest BCUT2D eigenvalue weighted by Crippen LogP contribution is -2.24. The van der Waals surface area contributed by atoms with Crippen LogP contribution in [0.4, 0.5) is 5.82 Å². The van der Waals surface area contributed by atoms with E-state index in [0.717, 1.165) is 11.9 Å². The highest BCUT2D eigenvalue weighted by molar-refractivity contribution is 5.81. The third-order valence-electron chi connectivity index (χ3n) is 4.33. The number of hydrogen-bond acceptors (Lipinski definition) is 4. The van der Waals surface area contributed by atoms with Gasteiger partial charge in [0, 0.05) is 0 Å². The Morgan fingerprint density at radius 3 is 3.00 bits per heavy atom. The summed E-state index contributed by atoms with van der Waals surface area (Å²) in [6.45, 7) is 2.63. The number of benzene rings is 1. The van der Waals surface area contributed by atoms with E-state index >= 15 is 0 Å². The highest BCUT2D eigenvalue weighted by Gasteiger charge is 2.17. The van der Waals surface area contributed by atoms with E-state index in [1.54, 1.807) is 4.40 Å². The van der Waals surface area contributed by atoms with Crippen LogP contribution in [0.3, 0.4) is 0 Å². The molecule has 23 heavy (non-hydrogen) atoms. The SMILES string of the molecule is CC1CC=CC=C1Cn1nc2c(N)nc3ccccc3n2c1=O. The van der Waals surface area contributed by atoms with E-state index in [-0.39, 0.29) is 11.5 Å². The first kappa shape index (κ1) is 13.8. The smallest absolute Gasteiger partial charge is 0.351 e. The average Bonchev–Trinajstić information content (AvgIpc) is 2.88. The maximum absolute atomic E-state index is 12.8. The van der Waals surface area contributed by atoms with Crippen molar-refractivity contribution in [3.63, 3.8) is 0 Å². The van der Waals surface area contributed by atoms with Crippen LogP contribution in [-0.2, 0) is 6.54 Å².